The van der Waals surface area contributed by atoms with Crippen LogP contribution in [0.3, 0.4) is 0 Å². The second-order valence-electron chi connectivity index (χ2n) is 3.04. The monoisotopic (exact) mass is 266 g/mol. The average molecular weight is 266 g/mol. The fourth-order valence-corrected chi connectivity index (χ4v) is 1.16. The summed E-state index contributed by atoms with van der Waals surface area (Å²) >= 11 is 0. The molecule has 18 heavy (non-hydrogen) atoms. The van der Waals surface area contributed by atoms with Crippen LogP contribution in [0.1, 0.15) is 33.7 Å². The van der Waals surface area contributed by atoms with Crippen LogP contribution < -0.4 is 0 Å². The summed E-state index contributed by atoms with van der Waals surface area (Å²) in [5.74, 6) is -2.06. The maximum atomic E-state index is 12.5. The molecule has 1 rings (SSSR count). The molecule has 0 amide bonds. The van der Waals surface area contributed by atoms with Crippen LogP contribution in [0.2, 0.25) is 0 Å². The van der Waals surface area contributed by atoms with Gasteiger partial charge in [0.15, 0.2) is 5.69 Å². The molecule has 0 bridgehead atoms. The number of carboxylic acids is 1. The van der Waals surface area contributed by atoms with E-state index in [-0.39, 0.29) is 6.07 Å². The van der Waals surface area contributed by atoms with E-state index in [4.69, 9.17) is 10.4 Å². The first-order valence-electron chi connectivity index (χ1n) is 4.22. The van der Waals surface area contributed by atoms with E-state index >= 15 is 0 Å². The lowest BCUT2D eigenvalue weighted by atomic mass is 10.1. The van der Waals surface area contributed by atoms with Gasteiger partial charge in [0.25, 0.3) is 6.43 Å². The highest BCUT2D eigenvalue weighted by Gasteiger charge is 2.38. The van der Waals surface area contributed by atoms with Gasteiger partial charge >= 0.3 is 12.1 Å². The van der Waals surface area contributed by atoms with Crippen molar-refractivity contribution in [1.29, 1.82) is 5.26 Å². The van der Waals surface area contributed by atoms with E-state index in [9.17, 15) is 26.7 Å². The fourth-order valence-electron chi connectivity index (χ4n) is 1.16. The van der Waals surface area contributed by atoms with Crippen molar-refractivity contribution < 1.29 is 31.9 Å². The molecule has 4 nitrogen and oxygen atoms in total. The smallest absolute Gasteiger partial charge is 0.418 e. The van der Waals surface area contributed by atoms with Crippen LogP contribution in [0.5, 0.6) is 0 Å². The lowest BCUT2D eigenvalue weighted by Crippen LogP contribution is -2.17. The molecule has 0 spiro atoms. The normalized spacial score (nSPS) is 11.4. The number of alkyl halides is 5. The molecule has 0 fully saturated rings. The van der Waals surface area contributed by atoms with Crippen LogP contribution >= 0.6 is 0 Å². The molecule has 96 valence electrons. The molecule has 9 heteroatoms. The number of nitrogens with zero attached hydrogens (tertiary/aromatic N) is 2. The van der Waals surface area contributed by atoms with Crippen LogP contribution in [0.25, 0.3) is 0 Å². The molecule has 0 aliphatic heterocycles. The summed E-state index contributed by atoms with van der Waals surface area (Å²) < 4.78 is 62.2. The molecule has 0 aliphatic carbocycles. The lowest BCUT2D eigenvalue weighted by Gasteiger charge is -2.12. The highest BCUT2D eigenvalue weighted by Crippen LogP contribution is 2.34. The van der Waals surface area contributed by atoms with Crippen LogP contribution in [0.4, 0.5) is 22.0 Å². The Morgan fingerprint density at radius 1 is 1.44 bits per heavy atom. The molecule has 0 atom stereocenters. The summed E-state index contributed by atoms with van der Waals surface area (Å²) in [6.45, 7) is 0. The van der Waals surface area contributed by atoms with Gasteiger partial charge in [0.05, 0.1) is 11.1 Å². The van der Waals surface area contributed by atoms with E-state index in [1.54, 1.807) is 0 Å². The van der Waals surface area contributed by atoms with Gasteiger partial charge in [-0.3, -0.25) is 0 Å². The molecular formula is C9H3F5N2O2. The average Bonchev–Trinajstić information content (AvgIpc) is 2.25. The van der Waals surface area contributed by atoms with Gasteiger partial charge in [-0.25, -0.2) is 18.6 Å². The predicted molar refractivity (Wildman–Crippen MR) is 45.9 cm³/mol. The van der Waals surface area contributed by atoms with Gasteiger partial charge in [0, 0.05) is 0 Å². The Balaban J connectivity index is 3.65. The number of aromatic carboxylic acids is 1. The van der Waals surface area contributed by atoms with E-state index in [0.717, 1.165) is 6.07 Å². The van der Waals surface area contributed by atoms with Crippen molar-refractivity contribution in [3.63, 3.8) is 0 Å². The number of nitriles is 1. The molecule has 0 saturated heterocycles. The summed E-state index contributed by atoms with van der Waals surface area (Å²) in [4.78, 5) is 13.4. The number of pyridine rings is 1. The number of halogens is 5. The van der Waals surface area contributed by atoms with Crippen molar-refractivity contribution in [2.24, 2.45) is 0 Å². The first-order valence-corrected chi connectivity index (χ1v) is 4.22. The third-order valence-electron chi connectivity index (χ3n) is 1.90. The lowest BCUT2D eigenvalue weighted by molar-refractivity contribution is -0.138. The van der Waals surface area contributed by atoms with Crippen LogP contribution in [-0.4, -0.2) is 16.1 Å². The van der Waals surface area contributed by atoms with Gasteiger partial charge in [-0.15, -0.1) is 0 Å². The molecule has 1 aromatic rings. The molecule has 0 saturated carbocycles. The summed E-state index contributed by atoms with van der Waals surface area (Å²) in [7, 11) is 0. The third kappa shape index (κ3) is 2.53. The van der Waals surface area contributed by atoms with Crippen molar-refractivity contribution in [3.8, 4) is 6.07 Å². The van der Waals surface area contributed by atoms with Crippen molar-refractivity contribution in [2.75, 3.05) is 0 Å². The van der Waals surface area contributed by atoms with Gasteiger partial charge in [-0.05, 0) is 6.07 Å². The maximum absolute atomic E-state index is 12.5. The second kappa shape index (κ2) is 4.56. The minimum atomic E-state index is -5.15. The zero-order valence-electron chi connectivity index (χ0n) is 8.29. The first kappa shape index (κ1) is 13.8. The van der Waals surface area contributed by atoms with E-state index < -0.39 is 41.1 Å². The number of hydrogen-bond acceptors (Lipinski definition) is 3. The predicted octanol–water partition coefficient (Wildman–Crippen LogP) is 2.61. The Kier molecular flexibility index (Phi) is 3.50. The van der Waals surface area contributed by atoms with E-state index in [2.05, 4.69) is 4.98 Å². The van der Waals surface area contributed by atoms with Gasteiger partial charge in [-0.1, -0.05) is 0 Å². The third-order valence-corrected chi connectivity index (χ3v) is 1.90. The van der Waals surface area contributed by atoms with E-state index in [1.165, 1.54) is 0 Å². The minimum absolute atomic E-state index is 0.0698. The largest absolute Gasteiger partial charge is 0.476 e. The molecule has 1 aromatic heterocycles. The summed E-state index contributed by atoms with van der Waals surface area (Å²) in [5.41, 5.74) is -5.60. The number of carbonyl (C=O) groups is 1. The Hall–Kier alpha value is -2.24. The van der Waals surface area contributed by atoms with E-state index in [1.807, 2.05) is 0 Å². The van der Waals surface area contributed by atoms with Crippen LogP contribution in [0.15, 0.2) is 6.07 Å². The summed E-state index contributed by atoms with van der Waals surface area (Å²) in [5, 5.41) is 17.0. The number of rotatable bonds is 2. The molecule has 0 radical (unpaired) electrons. The van der Waals surface area contributed by atoms with Crippen molar-refractivity contribution in [3.05, 3.63) is 28.6 Å². The number of hydrogen-bond donors (Lipinski definition) is 1. The Labute approximate surface area is 96.3 Å². The van der Waals surface area contributed by atoms with Gasteiger partial charge in [0.2, 0.25) is 0 Å². The molecule has 0 aromatic carbocycles. The highest BCUT2D eigenvalue weighted by atomic mass is 19.4. The number of aromatic nitrogens is 1. The summed E-state index contributed by atoms with van der Waals surface area (Å²) in [6, 6.07) is 1.06. The topological polar surface area (TPSA) is 74.0 Å². The van der Waals surface area contributed by atoms with Crippen molar-refractivity contribution in [1.82, 2.24) is 4.98 Å². The fraction of sp³-hybridized carbons (Fsp3) is 0.222. The van der Waals surface area contributed by atoms with Crippen molar-refractivity contribution >= 4 is 5.97 Å². The quantitative estimate of drug-likeness (QED) is 0.835. The first-order chi connectivity index (χ1) is 8.18. The molecule has 0 aliphatic rings. The Morgan fingerprint density at radius 3 is 2.33 bits per heavy atom. The molecule has 0 unspecified atom stereocenters. The standard InChI is InChI=1S/C9H3F5N2O2/c10-7(11)3-1-4(9(12,13)14)6(8(17)18)16-5(3)2-15/h1,7H,(H,17,18). The van der Waals surface area contributed by atoms with Gasteiger partial charge in [0.1, 0.15) is 11.8 Å². The zero-order chi connectivity index (χ0) is 14.1. The van der Waals surface area contributed by atoms with Gasteiger partial charge < -0.3 is 5.11 Å². The molecule has 1 heterocycles. The Bertz CT molecular complexity index is 533. The molecule has 1 N–H and O–H groups in total. The number of carboxylic acid groups (broad SMARTS) is 1. The van der Waals surface area contributed by atoms with E-state index in [0.29, 0.717) is 0 Å². The SMILES string of the molecule is N#Cc1nc(C(=O)O)c(C(F)(F)F)cc1C(F)F. The maximum Gasteiger partial charge on any atom is 0.418 e. The van der Waals surface area contributed by atoms with Crippen molar-refractivity contribution in [2.45, 2.75) is 12.6 Å². The zero-order valence-corrected chi connectivity index (χ0v) is 8.29. The minimum Gasteiger partial charge on any atom is -0.476 e. The molecular weight excluding hydrogens is 263 g/mol. The van der Waals surface area contributed by atoms with Crippen LogP contribution in [-0.2, 0) is 6.18 Å². The van der Waals surface area contributed by atoms with Gasteiger partial charge in [-0.2, -0.15) is 18.4 Å². The second-order valence-corrected chi connectivity index (χ2v) is 3.04. The summed E-state index contributed by atoms with van der Waals surface area (Å²) in [6.07, 6.45) is -8.52. The Morgan fingerprint density at radius 2 is 2.00 bits per heavy atom. The van der Waals surface area contributed by atoms with Crippen LogP contribution in [0, 0.1) is 11.3 Å². The highest BCUT2D eigenvalue weighted by molar-refractivity contribution is 5.87.